The molecule has 0 aliphatic carbocycles. The molecule has 0 radical (unpaired) electrons. The molecule has 0 fully saturated rings. The van der Waals surface area contributed by atoms with Gasteiger partial charge in [0.15, 0.2) is 9.84 Å². The molecular formula is C15H13Cl2NO3S. The average molecular weight is 358 g/mol. The van der Waals surface area contributed by atoms with E-state index in [0.717, 1.165) is 0 Å². The lowest BCUT2D eigenvalue weighted by atomic mass is 10.1. The van der Waals surface area contributed by atoms with E-state index < -0.39 is 9.84 Å². The molecule has 0 aliphatic rings. The van der Waals surface area contributed by atoms with Gasteiger partial charge in [0.05, 0.1) is 4.90 Å². The van der Waals surface area contributed by atoms with Crippen LogP contribution in [-0.4, -0.2) is 27.0 Å². The van der Waals surface area contributed by atoms with Crippen molar-refractivity contribution in [1.82, 2.24) is 0 Å². The molecule has 0 bridgehead atoms. The third-order valence-electron chi connectivity index (χ3n) is 2.88. The van der Waals surface area contributed by atoms with Crippen LogP contribution in [0.4, 0.5) is 0 Å². The maximum Gasteiger partial charge on any atom is 0.184 e. The van der Waals surface area contributed by atoms with E-state index in [9.17, 15) is 8.42 Å². The molecule has 0 aliphatic heterocycles. The molecule has 22 heavy (non-hydrogen) atoms. The summed E-state index contributed by atoms with van der Waals surface area (Å²) in [5, 5.41) is 4.85. The molecule has 0 spiro atoms. The van der Waals surface area contributed by atoms with Crippen LogP contribution in [0.25, 0.3) is 0 Å². The molecule has 2 aromatic rings. The summed E-state index contributed by atoms with van der Waals surface area (Å²) in [7, 11) is -2.19. The topological polar surface area (TPSA) is 55.7 Å². The van der Waals surface area contributed by atoms with Crippen molar-refractivity contribution in [3.05, 3.63) is 64.1 Å². The fourth-order valence-corrected chi connectivity index (χ4v) is 3.37. The van der Waals surface area contributed by atoms with Gasteiger partial charge in [-0.3, -0.25) is 0 Å². The van der Waals surface area contributed by atoms with E-state index in [-0.39, 0.29) is 10.6 Å². The van der Waals surface area contributed by atoms with Crippen LogP contribution >= 0.6 is 23.2 Å². The number of halogens is 2. The van der Waals surface area contributed by atoms with Crippen LogP contribution in [0.5, 0.6) is 0 Å². The number of oxime groups is 1. The van der Waals surface area contributed by atoms with Crippen molar-refractivity contribution in [3.63, 3.8) is 0 Å². The Kier molecular flexibility index (Phi) is 5.45. The minimum absolute atomic E-state index is 0.176. The van der Waals surface area contributed by atoms with Crippen molar-refractivity contribution in [2.75, 3.05) is 12.9 Å². The van der Waals surface area contributed by atoms with Gasteiger partial charge in [0.2, 0.25) is 0 Å². The Labute approximate surface area is 139 Å². The standard InChI is InChI=1S/C15H13Cl2NO3S/c1-21-18-15(11-2-4-12(16)5-3-11)10-22(19,20)14-8-6-13(17)7-9-14/h2-9H,10H2,1H3/b18-15+. The Bertz CT molecular complexity index is 769. The molecule has 0 N–H and O–H groups in total. The molecule has 0 saturated carbocycles. The van der Waals surface area contributed by atoms with Gasteiger partial charge in [0, 0.05) is 15.6 Å². The molecule has 116 valence electrons. The predicted molar refractivity (Wildman–Crippen MR) is 88.5 cm³/mol. The van der Waals surface area contributed by atoms with Gasteiger partial charge in [0.1, 0.15) is 18.6 Å². The first-order valence-electron chi connectivity index (χ1n) is 6.26. The Morgan fingerprint density at radius 3 is 2.00 bits per heavy atom. The summed E-state index contributed by atoms with van der Waals surface area (Å²) < 4.78 is 24.9. The van der Waals surface area contributed by atoms with E-state index in [4.69, 9.17) is 28.0 Å². The zero-order chi connectivity index (χ0) is 16.2. The van der Waals surface area contributed by atoms with Crippen LogP contribution in [-0.2, 0) is 14.7 Å². The van der Waals surface area contributed by atoms with Gasteiger partial charge in [0.25, 0.3) is 0 Å². The first-order chi connectivity index (χ1) is 10.4. The van der Waals surface area contributed by atoms with E-state index in [1.54, 1.807) is 24.3 Å². The Hall–Kier alpha value is -1.56. The Morgan fingerprint density at radius 2 is 1.50 bits per heavy atom. The lowest BCUT2D eigenvalue weighted by Crippen LogP contribution is -2.17. The monoisotopic (exact) mass is 357 g/mol. The zero-order valence-corrected chi connectivity index (χ0v) is 14.0. The van der Waals surface area contributed by atoms with Gasteiger partial charge in [-0.25, -0.2) is 8.42 Å². The second-order valence-electron chi connectivity index (χ2n) is 4.44. The van der Waals surface area contributed by atoms with Gasteiger partial charge in [-0.2, -0.15) is 0 Å². The molecule has 4 nitrogen and oxygen atoms in total. The van der Waals surface area contributed by atoms with Crippen LogP contribution in [0.1, 0.15) is 5.56 Å². The van der Waals surface area contributed by atoms with Crippen LogP contribution in [0.15, 0.2) is 58.6 Å². The summed E-state index contributed by atoms with van der Waals surface area (Å²) in [4.78, 5) is 4.93. The summed E-state index contributed by atoms with van der Waals surface area (Å²) in [6.45, 7) is 0. The maximum absolute atomic E-state index is 12.5. The largest absolute Gasteiger partial charge is 0.399 e. The third-order valence-corrected chi connectivity index (χ3v) is 5.03. The second kappa shape index (κ2) is 7.13. The SMILES string of the molecule is CO/N=C(\CS(=O)(=O)c1ccc(Cl)cc1)c1ccc(Cl)cc1. The van der Waals surface area contributed by atoms with E-state index in [1.807, 2.05) is 0 Å². The highest BCUT2D eigenvalue weighted by molar-refractivity contribution is 7.92. The van der Waals surface area contributed by atoms with Crippen LogP contribution in [0.3, 0.4) is 0 Å². The molecule has 2 aromatic carbocycles. The summed E-state index contributed by atoms with van der Waals surface area (Å²) in [6, 6.07) is 12.7. The van der Waals surface area contributed by atoms with Crippen molar-refractivity contribution >= 4 is 38.8 Å². The van der Waals surface area contributed by atoms with Gasteiger partial charge in [-0.15, -0.1) is 0 Å². The summed E-state index contributed by atoms with van der Waals surface area (Å²) in [5.41, 5.74) is 0.929. The van der Waals surface area contributed by atoms with Crippen molar-refractivity contribution in [1.29, 1.82) is 0 Å². The lowest BCUT2D eigenvalue weighted by molar-refractivity contribution is 0.213. The molecule has 0 aromatic heterocycles. The predicted octanol–water partition coefficient (Wildman–Crippen LogP) is 3.82. The molecular weight excluding hydrogens is 345 g/mol. The summed E-state index contributed by atoms with van der Waals surface area (Å²) in [6.07, 6.45) is 0. The number of benzene rings is 2. The van der Waals surface area contributed by atoms with Gasteiger partial charge >= 0.3 is 0 Å². The number of hydrogen-bond donors (Lipinski definition) is 0. The van der Waals surface area contributed by atoms with Crippen molar-refractivity contribution < 1.29 is 13.3 Å². The Morgan fingerprint density at radius 1 is 1.00 bits per heavy atom. The van der Waals surface area contributed by atoms with E-state index >= 15 is 0 Å². The van der Waals surface area contributed by atoms with E-state index in [1.165, 1.54) is 31.4 Å². The van der Waals surface area contributed by atoms with Crippen molar-refractivity contribution in [2.45, 2.75) is 4.90 Å². The van der Waals surface area contributed by atoms with E-state index in [0.29, 0.717) is 21.3 Å². The lowest BCUT2D eigenvalue weighted by Gasteiger charge is -2.08. The molecule has 0 heterocycles. The van der Waals surface area contributed by atoms with Gasteiger partial charge in [-0.05, 0) is 36.4 Å². The summed E-state index contributed by atoms with van der Waals surface area (Å²) >= 11 is 11.6. The molecule has 7 heteroatoms. The van der Waals surface area contributed by atoms with Gasteiger partial charge < -0.3 is 4.84 Å². The van der Waals surface area contributed by atoms with Gasteiger partial charge in [-0.1, -0.05) is 40.5 Å². The first kappa shape index (κ1) is 16.8. The molecule has 2 rings (SSSR count). The minimum atomic E-state index is -3.56. The van der Waals surface area contributed by atoms with Crippen LogP contribution < -0.4 is 0 Å². The van der Waals surface area contributed by atoms with Crippen LogP contribution in [0.2, 0.25) is 10.0 Å². The average Bonchev–Trinajstić information content (AvgIpc) is 2.48. The first-order valence-corrected chi connectivity index (χ1v) is 8.67. The molecule has 0 amide bonds. The third kappa shape index (κ3) is 4.22. The summed E-state index contributed by atoms with van der Waals surface area (Å²) in [5.74, 6) is -0.288. The quantitative estimate of drug-likeness (QED) is 0.603. The van der Waals surface area contributed by atoms with Crippen molar-refractivity contribution in [2.24, 2.45) is 5.16 Å². The smallest absolute Gasteiger partial charge is 0.184 e. The molecule has 0 atom stereocenters. The maximum atomic E-state index is 12.5. The number of sulfone groups is 1. The second-order valence-corrected chi connectivity index (χ2v) is 7.30. The highest BCUT2D eigenvalue weighted by atomic mass is 35.5. The minimum Gasteiger partial charge on any atom is -0.399 e. The molecule has 0 unspecified atom stereocenters. The normalized spacial score (nSPS) is 12.2. The zero-order valence-electron chi connectivity index (χ0n) is 11.7. The van der Waals surface area contributed by atoms with E-state index in [2.05, 4.69) is 5.16 Å². The number of rotatable bonds is 5. The fraction of sp³-hybridized carbons (Fsp3) is 0.133. The van der Waals surface area contributed by atoms with Crippen LogP contribution in [0, 0.1) is 0 Å². The highest BCUT2D eigenvalue weighted by Crippen LogP contribution is 2.18. The fourth-order valence-electron chi connectivity index (χ4n) is 1.82. The Balaban J connectivity index is 2.33. The number of hydrogen-bond acceptors (Lipinski definition) is 4. The number of nitrogens with zero attached hydrogens (tertiary/aromatic N) is 1. The highest BCUT2D eigenvalue weighted by Gasteiger charge is 2.19. The molecule has 0 saturated heterocycles. The van der Waals surface area contributed by atoms with Crippen molar-refractivity contribution in [3.8, 4) is 0 Å².